The van der Waals surface area contributed by atoms with E-state index in [2.05, 4.69) is 14.9 Å². The van der Waals surface area contributed by atoms with E-state index in [1.54, 1.807) is 11.2 Å². The lowest BCUT2D eigenvalue weighted by Crippen LogP contribution is -2.49. The number of nitrogens with zero attached hydrogens (tertiary/aromatic N) is 3. The number of aromatic nitrogens is 2. The van der Waals surface area contributed by atoms with Gasteiger partial charge in [-0.1, -0.05) is 30.3 Å². The second-order valence-electron chi connectivity index (χ2n) is 6.49. The van der Waals surface area contributed by atoms with Crippen LogP contribution < -0.4 is 0 Å². The van der Waals surface area contributed by atoms with Crippen molar-refractivity contribution in [3.63, 3.8) is 0 Å². The monoisotopic (exact) mass is 342 g/mol. The highest BCUT2D eigenvalue weighted by Crippen LogP contribution is 2.24. The van der Waals surface area contributed by atoms with Crippen LogP contribution in [0.1, 0.15) is 10.5 Å². The minimum atomic E-state index is -0.537. The zero-order valence-corrected chi connectivity index (χ0v) is 14.0. The molecule has 0 unspecified atom stereocenters. The van der Waals surface area contributed by atoms with Gasteiger partial charge in [0.15, 0.2) is 0 Å². The van der Waals surface area contributed by atoms with Gasteiger partial charge in [-0.05, 0) is 0 Å². The lowest BCUT2D eigenvalue weighted by molar-refractivity contribution is -0.00611. The van der Waals surface area contributed by atoms with E-state index >= 15 is 0 Å². The van der Waals surface area contributed by atoms with Crippen LogP contribution in [0.15, 0.2) is 36.7 Å². The summed E-state index contributed by atoms with van der Waals surface area (Å²) in [5.74, 6) is -0.119. The van der Waals surface area contributed by atoms with Gasteiger partial charge in [0.25, 0.3) is 5.91 Å². The summed E-state index contributed by atoms with van der Waals surface area (Å²) in [6.45, 7) is 3.80. The topological polar surface area (TPSA) is 81.7 Å². The first-order valence-electron chi connectivity index (χ1n) is 8.62. The van der Waals surface area contributed by atoms with Crippen LogP contribution in [-0.4, -0.2) is 82.3 Å². The van der Waals surface area contributed by atoms with Crippen molar-refractivity contribution in [1.82, 2.24) is 19.8 Å². The molecule has 0 radical (unpaired) electrons. The van der Waals surface area contributed by atoms with Crippen LogP contribution in [-0.2, 0) is 4.74 Å². The molecule has 132 valence electrons. The summed E-state index contributed by atoms with van der Waals surface area (Å²) < 4.78 is 5.38. The van der Waals surface area contributed by atoms with Gasteiger partial charge in [0.05, 0.1) is 31.7 Å². The summed E-state index contributed by atoms with van der Waals surface area (Å²) in [4.78, 5) is 24.2. The molecule has 2 aromatic rings. The number of nitrogens with one attached hydrogen (secondary N) is 1. The van der Waals surface area contributed by atoms with Gasteiger partial charge < -0.3 is 19.7 Å². The van der Waals surface area contributed by atoms with E-state index < -0.39 is 6.10 Å². The molecule has 2 N–H and O–H groups in total. The molecule has 1 aromatic heterocycles. The molecule has 2 fully saturated rings. The molecule has 0 saturated carbocycles. The van der Waals surface area contributed by atoms with Gasteiger partial charge in [-0.25, -0.2) is 4.98 Å². The van der Waals surface area contributed by atoms with Gasteiger partial charge in [-0.15, -0.1) is 0 Å². The molecule has 7 heteroatoms. The smallest absolute Gasteiger partial charge is 0.272 e. The minimum absolute atomic E-state index is 0.0315. The Hall–Kier alpha value is -2.22. The number of hydrogen-bond donors (Lipinski definition) is 2. The summed E-state index contributed by atoms with van der Waals surface area (Å²) in [7, 11) is 0. The third-order valence-corrected chi connectivity index (χ3v) is 4.96. The largest absolute Gasteiger partial charge is 0.390 e. The van der Waals surface area contributed by atoms with E-state index in [4.69, 9.17) is 4.74 Å². The molecule has 1 aromatic carbocycles. The number of hydrogen-bond acceptors (Lipinski definition) is 5. The van der Waals surface area contributed by atoms with Crippen molar-refractivity contribution in [2.75, 3.05) is 39.4 Å². The average Bonchev–Trinajstić information content (AvgIpc) is 3.29. The number of rotatable bonds is 3. The zero-order valence-electron chi connectivity index (χ0n) is 14.0. The van der Waals surface area contributed by atoms with Gasteiger partial charge in [0, 0.05) is 31.7 Å². The van der Waals surface area contributed by atoms with Crippen LogP contribution in [0.25, 0.3) is 11.3 Å². The maximum absolute atomic E-state index is 13.0. The number of benzene rings is 1. The van der Waals surface area contributed by atoms with Gasteiger partial charge in [0.2, 0.25) is 0 Å². The number of β-amino-alcohol motifs (C(OH)–C–C–N with tert-alkyl or cyclic N) is 1. The number of ether oxygens (including phenoxy) is 1. The molecule has 4 rings (SSSR count). The number of H-pyrrole nitrogens is 1. The maximum atomic E-state index is 13.0. The minimum Gasteiger partial charge on any atom is -0.390 e. The van der Waals surface area contributed by atoms with E-state index in [-0.39, 0.29) is 11.9 Å². The first kappa shape index (κ1) is 16.3. The molecule has 25 heavy (non-hydrogen) atoms. The van der Waals surface area contributed by atoms with Gasteiger partial charge in [0.1, 0.15) is 11.4 Å². The highest BCUT2D eigenvalue weighted by Gasteiger charge is 2.39. The molecule has 2 aliphatic rings. The quantitative estimate of drug-likeness (QED) is 0.853. The highest BCUT2D eigenvalue weighted by molar-refractivity contribution is 5.98. The Morgan fingerprint density at radius 1 is 1.20 bits per heavy atom. The Kier molecular flexibility index (Phi) is 4.52. The number of imidazole rings is 1. The van der Waals surface area contributed by atoms with Crippen LogP contribution in [0.2, 0.25) is 0 Å². The summed E-state index contributed by atoms with van der Waals surface area (Å²) in [6.07, 6.45) is 1.01. The van der Waals surface area contributed by atoms with E-state index in [9.17, 15) is 9.90 Å². The van der Waals surface area contributed by atoms with Crippen LogP contribution >= 0.6 is 0 Å². The summed E-state index contributed by atoms with van der Waals surface area (Å²) in [6, 6.07) is 9.61. The Balaban J connectivity index is 1.52. The van der Waals surface area contributed by atoms with Crippen molar-refractivity contribution in [3.05, 3.63) is 42.4 Å². The molecule has 2 aliphatic heterocycles. The van der Waals surface area contributed by atoms with Crippen LogP contribution in [0.3, 0.4) is 0 Å². The van der Waals surface area contributed by atoms with Crippen LogP contribution in [0.5, 0.6) is 0 Å². The molecule has 1 amide bonds. The first-order chi connectivity index (χ1) is 12.2. The second-order valence-corrected chi connectivity index (χ2v) is 6.49. The number of amides is 1. The Labute approximate surface area is 146 Å². The fourth-order valence-corrected chi connectivity index (χ4v) is 3.63. The summed E-state index contributed by atoms with van der Waals surface area (Å²) in [5.41, 5.74) is 2.02. The van der Waals surface area contributed by atoms with E-state index in [0.717, 1.165) is 18.7 Å². The lowest BCUT2D eigenvalue weighted by atomic mass is 10.1. The van der Waals surface area contributed by atoms with Crippen molar-refractivity contribution >= 4 is 5.91 Å². The van der Waals surface area contributed by atoms with Crippen molar-refractivity contribution in [3.8, 4) is 11.3 Å². The van der Waals surface area contributed by atoms with Crippen LogP contribution in [0, 0.1) is 0 Å². The molecular formula is C18H22N4O3. The number of morpholine rings is 1. The molecule has 2 atom stereocenters. The zero-order chi connectivity index (χ0) is 17.2. The molecule has 0 bridgehead atoms. The average molecular weight is 342 g/mol. The number of aromatic amines is 1. The van der Waals surface area contributed by atoms with E-state index in [1.807, 2.05) is 30.3 Å². The molecule has 3 heterocycles. The molecular weight excluding hydrogens is 320 g/mol. The third-order valence-electron chi connectivity index (χ3n) is 4.96. The number of carbonyl (C=O) groups excluding carboxylic acids is 1. The lowest BCUT2D eigenvalue weighted by Gasteiger charge is -2.33. The summed E-state index contributed by atoms with van der Waals surface area (Å²) in [5, 5.41) is 10.4. The van der Waals surface area contributed by atoms with Gasteiger partial charge in [-0.3, -0.25) is 9.69 Å². The maximum Gasteiger partial charge on any atom is 0.272 e. The number of carbonyl (C=O) groups is 1. The van der Waals surface area contributed by atoms with Crippen molar-refractivity contribution in [1.29, 1.82) is 0 Å². The molecule has 0 spiro atoms. The van der Waals surface area contributed by atoms with Crippen molar-refractivity contribution in [2.45, 2.75) is 12.1 Å². The van der Waals surface area contributed by atoms with Crippen molar-refractivity contribution < 1.29 is 14.6 Å². The van der Waals surface area contributed by atoms with Gasteiger partial charge >= 0.3 is 0 Å². The fraction of sp³-hybridized carbons (Fsp3) is 0.444. The second kappa shape index (κ2) is 6.95. The Morgan fingerprint density at radius 3 is 2.72 bits per heavy atom. The number of likely N-dealkylation sites (tertiary alicyclic amines) is 1. The number of aliphatic hydroxyl groups is 1. The number of aliphatic hydroxyl groups excluding tert-OH is 1. The molecule has 7 nitrogen and oxygen atoms in total. The fourth-order valence-electron chi connectivity index (χ4n) is 3.63. The normalized spacial score (nSPS) is 24.6. The summed E-state index contributed by atoms with van der Waals surface area (Å²) >= 11 is 0. The predicted molar refractivity (Wildman–Crippen MR) is 92.1 cm³/mol. The SMILES string of the molecule is O=C(c1[nH]cnc1-c1ccccc1)N1C[C@H](O)[C@@H](N2CCOCC2)C1. The standard InChI is InChI=1S/C18H22N4O3/c23-15-11-22(10-14(15)21-6-8-25-9-7-21)18(24)17-16(19-12-20-17)13-4-2-1-3-5-13/h1-5,12,14-15,23H,6-11H2,(H,19,20)/t14-,15-/m0/s1. The van der Waals surface area contributed by atoms with E-state index in [0.29, 0.717) is 37.7 Å². The highest BCUT2D eigenvalue weighted by atomic mass is 16.5. The Bertz CT molecular complexity index is 727. The first-order valence-corrected chi connectivity index (χ1v) is 8.62. The molecule has 2 saturated heterocycles. The van der Waals surface area contributed by atoms with Crippen molar-refractivity contribution in [2.24, 2.45) is 0 Å². The Morgan fingerprint density at radius 2 is 1.96 bits per heavy atom. The van der Waals surface area contributed by atoms with Gasteiger partial charge in [-0.2, -0.15) is 0 Å². The molecule has 0 aliphatic carbocycles. The predicted octanol–water partition coefficient (Wildman–Crippen LogP) is 0.594. The van der Waals surface area contributed by atoms with Crippen LogP contribution in [0.4, 0.5) is 0 Å². The van der Waals surface area contributed by atoms with E-state index in [1.165, 1.54) is 0 Å². The third kappa shape index (κ3) is 3.18.